The minimum absolute atomic E-state index is 0.0155. The summed E-state index contributed by atoms with van der Waals surface area (Å²) >= 11 is 8.31. The second kappa shape index (κ2) is 19.8. The molecule has 7 aromatic rings. The molecule has 324 valence electrons. The molecular formula is C49H48ClN5O7S. The average Bonchev–Trinajstić information content (AvgIpc) is 3.73. The van der Waals surface area contributed by atoms with Crippen molar-refractivity contribution in [2.45, 2.75) is 45.3 Å². The van der Waals surface area contributed by atoms with E-state index in [1.807, 2.05) is 85.8 Å². The lowest BCUT2D eigenvalue weighted by Gasteiger charge is -2.28. The summed E-state index contributed by atoms with van der Waals surface area (Å²) in [5.74, 6) is 2.55. The molecule has 1 aliphatic rings. The zero-order valence-electron chi connectivity index (χ0n) is 35.5. The van der Waals surface area contributed by atoms with Crippen LogP contribution in [0, 0.1) is 12.8 Å². The van der Waals surface area contributed by atoms with E-state index in [0.29, 0.717) is 79.0 Å². The molecule has 1 fully saturated rings. The maximum Gasteiger partial charge on any atom is 0.345 e. The van der Waals surface area contributed by atoms with E-state index in [1.54, 1.807) is 38.7 Å². The molecule has 1 N–H and O–H groups in total. The molecule has 14 heteroatoms. The monoisotopic (exact) mass is 885 g/mol. The first-order valence-corrected chi connectivity index (χ1v) is 21.9. The van der Waals surface area contributed by atoms with Crippen LogP contribution in [0.4, 0.5) is 0 Å². The highest BCUT2D eigenvalue weighted by Gasteiger charge is 2.28. The molecule has 12 nitrogen and oxygen atoms in total. The number of aliphatic carboxylic acids is 1. The van der Waals surface area contributed by atoms with Crippen LogP contribution in [0.1, 0.15) is 36.1 Å². The van der Waals surface area contributed by atoms with E-state index in [4.69, 9.17) is 49.6 Å². The maximum absolute atomic E-state index is 13.1. The summed E-state index contributed by atoms with van der Waals surface area (Å²) in [4.78, 5) is 29.5. The van der Waals surface area contributed by atoms with Crippen LogP contribution >= 0.6 is 23.1 Å². The van der Waals surface area contributed by atoms with E-state index in [0.717, 1.165) is 54.6 Å². The number of aromatic nitrogens is 4. The van der Waals surface area contributed by atoms with Gasteiger partial charge in [0.15, 0.2) is 5.82 Å². The fourth-order valence-electron chi connectivity index (χ4n) is 7.89. The van der Waals surface area contributed by atoms with Gasteiger partial charge in [0.1, 0.15) is 29.6 Å². The molecule has 0 aliphatic carbocycles. The zero-order valence-corrected chi connectivity index (χ0v) is 37.1. The molecule has 4 heterocycles. The predicted molar refractivity (Wildman–Crippen MR) is 245 cm³/mol. The molecule has 0 radical (unpaired) electrons. The fourth-order valence-corrected chi connectivity index (χ4v) is 8.80. The number of hydrogen-bond donors (Lipinski definition) is 1. The number of halogens is 1. The van der Waals surface area contributed by atoms with Crippen molar-refractivity contribution in [1.29, 1.82) is 0 Å². The molecule has 1 saturated heterocycles. The molecule has 1 aliphatic heterocycles. The van der Waals surface area contributed by atoms with Crippen LogP contribution in [-0.4, -0.2) is 82.4 Å². The molecule has 3 aromatic heterocycles. The van der Waals surface area contributed by atoms with E-state index in [2.05, 4.69) is 16.9 Å². The number of likely N-dealkylation sites (tertiary alicyclic amines) is 1. The summed E-state index contributed by atoms with van der Waals surface area (Å²) in [6.45, 7) is 4.84. The number of para-hydroxylation sites is 2. The predicted octanol–water partition coefficient (Wildman–Crippen LogP) is 10.2. The highest BCUT2D eigenvalue weighted by molar-refractivity contribution is 7.13. The average molecular weight is 886 g/mol. The van der Waals surface area contributed by atoms with Crippen LogP contribution in [0.3, 0.4) is 0 Å². The van der Waals surface area contributed by atoms with E-state index < -0.39 is 12.1 Å². The molecule has 0 amide bonds. The quantitative estimate of drug-likeness (QED) is 0.0931. The summed E-state index contributed by atoms with van der Waals surface area (Å²) < 4.78 is 35.5. The fraction of sp³-hybridized carbons (Fsp3) is 0.286. The van der Waals surface area contributed by atoms with Crippen molar-refractivity contribution in [2.24, 2.45) is 5.92 Å². The SMILES string of the molecule is COc1cccc(-c2ncc3snc(O[C@H](Cc4ccccc4OCc4ccnc(-c5ccccc5OC)n4)C(=O)O)c3c2-c2ccc(OCCC3CCN(C)CC3)c(Cl)c2C)c1. The number of ether oxygens (including phenoxy) is 5. The third-order valence-corrected chi connectivity index (χ3v) is 12.6. The Bertz CT molecular complexity index is 2720. The van der Waals surface area contributed by atoms with Gasteiger partial charge in [-0.2, -0.15) is 4.37 Å². The van der Waals surface area contributed by atoms with Gasteiger partial charge in [0.2, 0.25) is 12.0 Å². The maximum atomic E-state index is 13.1. The second-order valence-corrected chi connectivity index (χ2v) is 16.7. The van der Waals surface area contributed by atoms with Gasteiger partial charge in [0, 0.05) is 29.9 Å². The van der Waals surface area contributed by atoms with Gasteiger partial charge in [-0.05, 0) is 123 Å². The van der Waals surface area contributed by atoms with Crippen molar-refractivity contribution >= 4 is 39.2 Å². The third kappa shape index (κ3) is 9.86. The number of methoxy groups -OCH3 is 2. The number of hydrogen-bond acceptors (Lipinski definition) is 12. The Hall–Kier alpha value is -6.28. The highest BCUT2D eigenvalue weighted by atomic mass is 35.5. The van der Waals surface area contributed by atoms with Gasteiger partial charge in [-0.1, -0.05) is 60.1 Å². The normalized spacial score (nSPS) is 13.7. The topological polar surface area (TPSA) is 138 Å². The number of carboxylic acids is 1. The number of fused-ring (bicyclic) bond motifs is 1. The first-order valence-electron chi connectivity index (χ1n) is 20.8. The Morgan fingerprint density at radius 1 is 0.905 bits per heavy atom. The van der Waals surface area contributed by atoms with Crippen molar-refractivity contribution in [3.05, 3.63) is 125 Å². The van der Waals surface area contributed by atoms with E-state index in [1.165, 1.54) is 11.5 Å². The van der Waals surface area contributed by atoms with Crippen LogP contribution in [-0.2, 0) is 17.8 Å². The number of benzene rings is 4. The number of nitrogens with zero attached hydrogens (tertiary/aromatic N) is 5. The molecule has 63 heavy (non-hydrogen) atoms. The van der Waals surface area contributed by atoms with Crippen LogP contribution in [0.5, 0.6) is 28.9 Å². The number of piperidine rings is 1. The van der Waals surface area contributed by atoms with Gasteiger partial charge in [-0.3, -0.25) is 4.98 Å². The molecule has 0 bridgehead atoms. The largest absolute Gasteiger partial charge is 0.497 e. The lowest BCUT2D eigenvalue weighted by atomic mass is 9.93. The Morgan fingerprint density at radius 2 is 1.70 bits per heavy atom. The van der Waals surface area contributed by atoms with Crippen molar-refractivity contribution < 1.29 is 33.6 Å². The lowest BCUT2D eigenvalue weighted by molar-refractivity contribution is -0.145. The van der Waals surface area contributed by atoms with Crippen LogP contribution in [0.25, 0.3) is 43.9 Å². The zero-order chi connectivity index (χ0) is 43.9. The standard InChI is InChI=1S/C49H48ClN5O7S/c1-30-36(16-17-40(45(30)50)60-25-21-31-19-23-55(2)24-20-31)43-44-42(28-52-46(43)33-11-9-12-35(26-33)58-3)63-54-48(44)62-41(49(56)57)27-32-10-5-7-14-38(32)61-29-34-18-22-51-47(53-34)37-13-6-8-15-39(37)59-4/h5-18,22,26,28,31,41H,19-21,23-25,27,29H2,1-4H3,(H,56,57)/t41-/m1/s1. The summed E-state index contributed by atoms with van der Waals surface area (Å²) in [6.07, 6.45) is 5.35. The van der Waals surface area contributed by atoms with Crippen molar-refractivity contribution in [1.82, 2.24) is 24.2 Å². The minimum atomic E-state index is -1.33. The lowest BCUT2D eigenvalue weighted by Crippen LogP contribution is -2.30. The molecule has 8 rings (SSSR count). The van der Waals surface area contributed by atoms with Gasteiger partial charge in [0.05, 0.1) is 52.9 Å². The number of pyridine rings is 1. The van der Waals surface area contributed by atoms with Crippen LogP contribution in [0.2, 0.25) is 5.02 Å². The summed E-state index contributed by atoms with van der Waals surface area (Å²) in [6, 6.07) is 28.1. The van der Waals surface area contributed by atoms with Crippen LogP contribution < -0.4 is 23.7 Å². The third-order valence-electron chi connectivity index (χ3n) is 11.4. The summed E-state index contributed by atoms with van der Waals surface area (Å²) in [5.41, 5.74) is 5.71. The van der Waals surface area contributed by atoms with Gasteiger partial charge in [-0.25, -0.2) is 14.8 Å². The molecular weight excluding hydrogens is 838 g/mol. The van der Waals surface area contributed by atoms with Crippen molar-refractivity contribution in [3.63, 3.8) is 0 Å². The molecule has 0 spiro atoms. The Balaban J connectivity index is 1.09. The van der Waals surface area contributed by atoms with E-state index in [9.17, 15) is 9.90 Å². The van der Waals surface area contributed by atoms with E-state index in [-0.39, 0.29) is 18.9 Å². The first-order chi connectivity index (χ1) is 30.7. The van der Waals surface area contributed by atoms with Gasteiger partial charge < -0.3 is 33.7 Å². The van der Waals surface area contributed by atoms with Crippen LogP contribution in [0.15, 0.2) is 103 Å². The second-order valence-electron chi connectivity index (χ2n) is 15.5. The minimum Gasteiger partial charge on any atom is -0.497 e. The van der Waals surface area contributed by atoms with Gasteiger partial charge in [0.25, 0.3) is 0 Å². The van der Waals surface area contributed by atoms with Gasteiger partial charge in [-0.15, -0.1) is 0 Å². The van der Waals surface area contributed by atoms with Crippen molar-refractivity contribution in [3.8, 4) is 62.7 Å². The number of carbonyl (C=O) groups is 1. The Labute approximate surface area is 375 Å². The molecule has 0 saturated carbocycles. The summed E-state index contributed by atoms with van der Waals surface area (Å²) in [7, 11) is 5.39. The molecule has 1 atom stereocenters. The Morgan fingerprint density at radius 3 is 2.49 bits per heavy atom. The Kier molecular flexibility index (Phi) is 13.7. The smallest absolute Gasteiger partial charge is 0.345 e. The number of carboxylic acid groups (broad SMARTS) is 1. The molecule has 4 aromatic carbocycles. The van der Waals surface area contributed by atoms with Crippen molar-refractivity contribution in [2.75, 3.05) is 41.0 Å². The summed E-state index contributed by atoms with van der Waals surface area (Å²) in [5, 5.41) is 11.8. The highest BCUT2D eigenvalue weighted by Crippen LogP contribution is 2.46. The first kappa shape index (κ1) is 43.4. The molecule has 0 unspecified atom stereocenters. The van der Waals surface area contributed by atoms with E-state index >= 15 is 0 Å². The van der Waals surface area contributed by atoms with Gasteiger partial charge >= 0.3 is 5.97 Å². The number of rotatable bonds is 17.